The summed E-state index contributed by atoms with van der Waals surface area (Å²) >= 11 is 0. The van der Waals surface area contributed by atoms with Crippen molar-refractivity contribution in [1.29, 1.82) is 0 Å². The van der Waals surface area contributed by atoms with E-state index in [9.17, 15) is 18.0 Å². The molecular weight excluding hydrogens is 402 g/mol. The smallest absolute Gasteiger partial charge is 0.244 e. The van der Waals surface area contributed by atoms with Gasteiger partial charge in [-0.25, -0.2) is 8.42 Å². The van der Waals surface area contributed by atoms with Crippen LogP contribution < -0.4 is 9.62 Å². The van der Waals surface area contributed by atoms with Gasteiger partial charge in [-0.3, -0.25) is 13.9 Å². The Hall–Kier alpha value is -2.87. The molecule has 0 aliphatic heterocycles. The summed E-state index contributed by atoms with van der Waals surface area (Å²) in [5, 5.41) is 2.55. The second kappa shape index (κ2) is 10.2. The fourth-order valence-electron chi connectivity index (χ4n) is 3.22. The largest absolute Gasteiger partial charge is 0.357 e. The Morgan fingerprint density at radius 3 is 2.20 bits per heavy atom. The lowest BCUT2D eigenvalue weighted by Gasteiger charge is -2.31. The molecule has 2 aromatic carbocycles. The number of carbonyl (C=O) groups is 2. The van der Waals surface area contributed by atoms with Crippen LogP contribution in [0.15, 0.2) is 54.6 Å². The number of hydrogen-bond acceptors (Lipinski definition) is 4. The van der Waals surface area contributed by atoms with Crippen molar-refractivity contribution in [1.82, 2.24) is 10.2 Å². The summed E-state index contributed by atoms with van der Waals surface area (Å²) in [5.41, 5.74) is 2.15. The molecule has 162 valence electrons. The average molecular weight is 432 g/mol. The number of likely N-dealkylation sites (N-methyl/N-ethyl adjacent to an activating group) is 1. The van der Waals surface area contributed by atoms with Crippen LogP contribution in [0.1, 0.15) is 25.0 Å². The maximum atomic E-state index is 13.3. The number of nitrogens with one attached hydrogen (secondary N) is 1. The molecule has 0 radical (unpaired) electrons. The van der Waals surface area contributed by atoms with E-state index in [-0.39, 0.29) is 19.0 Å². The number of nitrogens with zero attached hydrogens (tertiary/aromatic N) is 2. The van der Waals surface area contributed by atoms with Crippen LogP contribution in [0.4, 0.5) is 5.69 Å². The van der Waals surface area contributed by atoms with Gasteiger partial charge in [0, 0.05) is 13.6 Å². The minimum Gasteiger partial charge on any atom is -0.357 e. The monoisotopic (exact) mass is 431 g/mol. The van der Waals surface area contributed by atoms with Gasteiger partial charge in [-0.15, -0.1) is 0 Å². The van der Waals surface area contributed by atoms with E-state index < -0.39 is 22.0 Å². The Kier molecular flexibility index (Phi) is 8.00. The fourth-order valence-corrected chi connectivity index (χ4v) is 4.10. The van der Waals surface area contributed by atoms with Crippen LogP contribution in [0, 0.1) is 0 Å². The van der Waals surface area contributed by atoms with E-state index in [1.54, 1.807) is 19.1 Å². The van der Waals surface area contributed by atoms with Gasteiger partial charge in [0.2, 0.25) is 21.8 Å². The molecule has 2 amide bonds. The highest BCUT2D eigenvalue weighted by atomic mass is 32.2. The highest BCUT2D eigenvalue weighted by Crippen LogP contribution is 2.24. The van der Waals surface area contributed by atoms with Gasteiger partial charge in [0.25, 0.3) is 0 Å². The summed E-state index contributed by atoms with van der Waals surface area (Å²) in [4.78, 5) is 26.9. The quantitative estimate of drug-likeness (QED) is 0.659. The zero-order valence-corrected chi connectivity index (χ0v) is 18.6. The van der Waals surface area contributed by atoms with E-state index in [1.165, 1.54) is 11.9 Å². The molecule has 0 heterocycles. The van der Waals surface area contributed by atoms with Gasteiger partial charge in [-0.1, -0.05) is 55.5 Å². The molecule has 0 aliphatic rings. The molecule has 1 atom stereocenters. The van der Waals surface area contributed by atoms with Crippen molar-refractivity contribution in [2.75, 3.05) is 24.2 Å². The van der Waals surface area contributed by atoms with E-state index in [1.807, 2.05) is 49.4 Å². The molecular formula is C22H29N3O4S. The Morgan fingerprint density at radius 2 is 1.63 bits per heavy atom. The molecule has 0 bridgehead atoms. The molecule has 7 nitrogen and oxygen atoms in total. The summed E-state index contributed by atoms with van der Waals surface area (Å²) in [6, 6.07) is 15.6. The number of rotatable bonds is 9. The first kappa shape index (κ1) is 23.4. The van der Waals surface area contributed by atoms with Crippen molar-refractivity contribution in [2.45, 2.75) is 32.9 Å². The lowest BCUT2D eigenvalue weighted by molar-refractivity contribution is -0.139. The van der Waals surface area contributed by atoms with Crippen LogP contribution in [-0.4, -0.2) is 51.0 Å². The number of aryl methyl sites for hydroxylation is 1. The summed E-state index contributed by atoms with van der Waals surface area (Å²) in [6.07, 6.45) is 1.70. The van der Waals surface area contributed by atoms with Gasteiger partial charge in [0.05, 0.1) is 11.9 Å². The highest BCUT2D eigenvalue weighted by molar-refractivity contribution is 7.92. The first-order valence-corrected chi connectivity index (χ1v) is 11.6. The third kappa shape index (κ3) is 5.82. The predicted molar refractivity (Wildman–Crippen MR) is 119 cm³/mol. The van der Waals surface area contributed by atoms with Gasteiger partial charge in [-0.2, -0.15) is 0 Å². The van der Waals surface area contributed by atoms with Crippen molar-refractivity contribution < 1.29 is 18.0 Å². The lowest BCUT2D eigenvalue weighted by atomic mass is 10.1. The second-order valence-corrected chi connectivity index (χ2v) is 8.96. The lowest BCUT2D eigenvalue weighted by Crippen LogP contribution is -2.50. The Labute approximate surface area is 178 Å². The van der Waals surface area contributed by atoms with Crippen LogP contribution >= 0.6 is 0 Å². The Morgan fingerprint density at radius 1 is 1.03 bits per heavy atom. The van der Waals surface area contributed by atoms with Gasteiger partial charge in [0.1, 0.15) is 12.6 Å². The average Bonchev–Trinajstić information content (AvgIpc) is 2.74. The number of benzene rings is 2. The van der Waals surface area contributed by atoms with E-state index >= 15 is 0 Å². The van der Waals surface area contributed by atoms with Crippen molar-refractivity contribution in [3.05, 3.63) is 65.7 Å². The van der Waals surface area contributed by atoms with Gasteiger partial charge in [-0.05, 0) is 30.5 Å². The van der Waals surface area contributed by atoms with Crippen molar-refractivity contribution in [2.24, 2.45) is 0 Å². The molecule has 8 heteroatoms. The van der Waals surface area contributed by atoms with Gasteiger partial charge >= 0.3 is 0 Å². The zero-order chi connectivity index (χ0) is 22.3. The summed E-state index contributed by atoms with van der Waals surface area (Å²) in [5.74, 6) is -0.773. The number of para-hydroxylation sites is 1. The van der Waals surface area contributed by atoms with E-state index in [2.05, 4.69) is 5.32 Å². The highest BCUT2D eigenvalue weighted by Gasteiger charge is 2.30. The third-order valence-electron chi connectivity index (χ3n) is 4.93. The first-order chi connectivity index (χ1) is 14.2. The first-order valence-electron chi connectivity index (χ1n) is 9.79. The SMILES string of the molecule is CCc1ccccc1N(CC(=O)N(Cc1ccccc1)[C@H](C)C(=O)NC)S(C)(=O)=O. The Bertz CT molecular complexity index is 977. The molecule has 0 fully saturated rings. The fraction of sp³-hybridized carbons (Fsp3) is 0.364. The maximum Gasteiger partial charge on any atom is 0.244 e. The van der Waals surface area contributed by atoms with Crippen molar-refractivity contribution >= 4 is 27.5 Å². The van der Waals surface area contributed by atoms with Gasteiger partial charge < -0.3 is 10.2 Å². The van der Waals surface area contributed by atoms with Crippen LogP contribution in [0.5, 0.6) is 0 Å². The van der Waals surface area contributed by atoms with Crippen LogP contribution in [-0.2, 0) is 32.6 Å². The number of carbonyl (C=O) groups excluding carboxylic acids is 2. The zero-order valence-electron chi connectivity index (χ0n) is 17.8. The minimum atomic E-state index is -3.72. The molecule has 0 spiro atoms. The topological polar surface area (TPSA) is 86.8 Å². The predicted octanol–water partition coefficient (Wildman–Crippen LogP) is 2.18. The molecule has 2 aromatic rings. The molecule has 0 aliphatic carbocycles. The van der Waals surface area contributed by atoms with Crippen LogP contribution in [0.25, 0.3) is 0 Å². The molecule has 30 heavy (non-hydrogen) atoms. The maximum absolute atomic E-state index is 13.3. The Balaban J connectivity index is 2.40. The third-order valence-corrected chi connectivity index (χ3v) is 6.06. The number of hydrogen-bond donors (Lipinski definition) is 1. The van der Waals surface area contributed by atoms with Crippen LogP contribution in [0.3, 0.4) is 0 Å². The molecule has 1 N–H and O–H groups in total. The standard InChI is InChI=1S/C22H29N3O4S/c1-5-19-13-9-10-14-20(19)25(30(4,28)29)16-21(26)24(17(2)22(27)23-3)15-18-11-7-6-8-12-18/h6-14,17H,5,15-16H2,1-4H3,(H,23,27)/t17-/m1/s1. The van der Waals surface area contributed by atoms with E-state index in [0.717, 1.165) is 21.7 Å². The van der Waals surface area contributed by atoms with E-state index in [4.69, 9.17) is 0 Å². The minimum absolute atomic E-state index is 0.196. The molecule has 0 unspecified atom stereocenters. The number of anilines is 1. The number of sulfonamides is 1. The summed E-state index contributed by atoms with van der Waals surface area (Å²) in [7, 11) is -2.21. The second-order valence-electron chi connectivity index (χ2n) is 7.05. The normalized spacial score (nSPS) is 12.1. The van der Waals surface area contributed by atoms with Gasteiger partial charge in [0.15, 0.2) is 0 Å². The molecule has 2 rings (SSSR count). The van der Waals surface area contributed by atoms with Crippen LogP contribution in [0.2, 0.25) is 0 Å². The number of amides is 2. The van der Waals surface area contributed by atoms with Crippen molar-refractivity contribution in [3.8, 4) is 0 Å². The molecule has 0 saturated heterocycles. The van der Waals surface area contributed by atoms with Crippen molar-refractivity contribution in [3.63, 3.8) is 0 Å². The molecule has 0 aromatic heterocycles. The van der Waals surface area contributed by atoms with E-state index in [0.29, 0.717) is 12.1 Å². The summed E-state index contributed by atoms with van der Waals surface area (Å²) in [6.45, 7) is 3.37. The molecule has 0 saturated carbocycles. The summed E-state index contributed by atoms with van der Waals surface area (Å²) < 4.78 is 26.2.